The highest BCUT2D eigenvalue weighted by Gasteiger charge is 2.48. The third-order valence-corrected chi connectivity index (χ3v) is 7.33. The summed E-state index contributed by atoms with van der Waals surface area (Å²) in [7, 11) is -10.5. The molecule has 2 rings (SSSR count). The molecule has 1 aliphatic carbocycles. The van der Waals surface area contributed by atoms with Crippen molar-refractivity contribution in [1.82, 2.24) is 4.13 Å². The number of rotatable bonds is 8. The van der Waals surface area contributed by atoms with Gasteiger partial charge in [-0.2, -0.15) is 13.2 Å². The van der Waals surface area contributed by atoms with Crippen LogP contribution in [0.25, 0.3) is 0 Å². The first-order chi connectivity index (χ1) is 11.0. The van der Waals surface area contributed by atoms with Crippen LogP contribution in [0.3, 0.4) is 0 Å². The molecule has 24 heavy (non-hydrogen) atoms. The van der Waals surface area contributed by atoms with Crippen LogP contribution in [0, 0.1) is 5.92 Å². The lowest BCUT2D eigenvalue weighted by molar-refractivity contribution is -0.0441. The van der Waals surface area contributed by atoms with E-state index in [1.165, 1.54) is 0 Å². The van der Waals surface area contributed by atoms with Crippen molar-refractivity contribution in [2.45, 2.75) is 49.8 Å². The Morgan fingerprint density at radius 3 is 2.17 bits per heavy atom. The molecule has 12 heteroatoms. The van der Waals surface area contributed by atoms with E-state index >= 15 is 0 Å². The molecule has 1 atom stereocenters. The summed E-state index contributed by atoms with van der Waals surface area (Å²) in [5, 5.41) is 0. The summed E-state index contributed by atoms with van der Waals surface area (Å²) in [4.78, 5) is 0. The van der Waals surface area contributed by atoms with E-state index in [9.17, 15) is 30.0 Å². The van der Waals surface area contributed by atoms with Gasteiger partial charge in [-0.3, -0.25) is 0 Å². The van der Waals surface area contributed by atoms with Crippen LogP contribution in [0.2, 0.25) is 0 Å². The van der Waals surface area contributed by atoms with Gasteiger partial charge in [0.25, 0.3) is 0 Å². The molecule has 1 N–H and O–H groups in total. The van der Waals surface area contributed by atoms with Crippen LogP contribution in [-0.4, -0.2) is 53.5 Å². The Morgan fingerprint density at radius 1 is 1.08 bits per heavy atom. The van der Waals surface area contributed by atoms with E-state index in [4.69, 9.17) is 9.47 Å². The molecule has 142 valence electrons. The maximum absolute atomic E-state index is 12.2. The van der Waals surface area contributed by atoms with Crippen molar-refractivity contribution in [2.75, 3.05) is 19.0 Å². The van der Waals surface area contributed by atoms with Crippen molar-refractivity contribution >= 4 is 20.0 Å². The number of halogens is 3. The largest absolute Gasteiger partial charge is 0.512 e. The molecular weight excluding hydrogens is 375 g/mol. The van der Waals surface area contributed by atoms with Crippen LogP contribution in [0.15, 0.2) is 0 Å². The average molecular weight is 395 g/mol. The Bertz CT molecular complexity index is 622. The Hall–Kier alpha value is -0.430. The number of hydrogen-bond acceptors (Lipinski definition) is 6. The minimum atomic E-state index is -5.90. The molecule has 0 aromatic carbocycles. The number of ether oxygens (including phenoxy) is 2. The first-order valence-corrected chi connectivity index (χ1v) is 10.7. The predicted molar refractivity (Wildman–Crippen MR) is 78.0 cm³/mol. The molecule has 0 bridgehead atoms. The van der Waals surface area contributed by atoms with E-state index in [0.29, 0.717) is 26.1 Å². The number of epoxide rings is 1. The molecule has 1 unspecified atom stereocenters. The molecule has 0 spiro atoms. The minimum Gasteiger partial charge on any atom is -0.375 e. The second kappa shape index (κ2) is 7.44. The summed E-state index contributed by atoms with van der Waals surface area (Å²) < 4.78 is 92.8. The molecule has 7 nitrogen and oxygen atoms in total. The monoisotopic (exact) mass is 395 g/mol. The SMILES string of the molecule is O=S(=O)(CCC1CCC(OCC2CO2)CC1)NS(=O)(=O)C(F)(F)F. The first-order valence-electron chi connectivity index (χ1n) is 7.54. The van der Waals surface area contributed by atoms with Crippen LogP contribution >= 0.6 is 0 Å². The zero-order valence-corrected chi connectivity index (χ0v) is 14.4. The van der Waals surface area contributed by atoms with Crippen molar-refractivity contribution < 1.29 is 39.5 Å². The summed E-state index contributed by atoms with van der Waals surface area (Å²) in [5.74, 6) is -0.638. The molecule has 0 radical (unpaired) electrons. The van der Waals surface area contributed by atoms with Crippen LogP contribution in [0.5, 0.6) is 0 Å². The van der Waals surface area contributed by atoms with Gasteiger partial charge in [0, 0.05) is 0 Å². The van der Waals surface area contributed by atoms with Crippen LogP contribution in [0.1, 0.15) is 32.1 Å². The molecule has 1 saturated carbocycles. The standard InChI is InChI=1S/C12H20F3NO6S2/c13-12(14,15)24(19,20)16-23(17,18)6-5-9-1-3-10(4-2-9)21-7-11-8-22-11/h9-11,16H,1-8H2. The highest BCUT2D eigenvalue weighted by molar-refractivity contribution is 8.05. The van der Waals surface area contributed by atoms with Gasteiger partial charge in [-0.1, -0.05) is 0 Å². The van der Waals surface area contributed by atoms with Crippen LogP contribution < -0.4 is 4.13 Å². The van der Waals surface area contributed by atoms with Crippen molar-refractivity contribution in [3.63, 3.8) is 0 Å². The third kappa shape index (κ3) is 6.14. The summed E-state index contributed by atoms with van der Waals surface area (Å²) >= 11 is 0. The smallest absolute Gasteiger partial charge is 0.375 e. The first kappa shape index (κ1) is 19.9. The van der Waals surface area contributed by atoms with Gasteiger partial charge in [-0.05, 0) is 38.0 Å². The Morgan fingerprint density at radius 2 is 1.67 bits per heavy atom. The van der Waals surface area contributed by atoms with E-state index in [-0.39, 0.29) is 24.5 Å². The van der Waals surface area contributed by atoms with Gasteiger partial charge in [0.2, 0.25) is 10.0 Å². The van der Waals surface area contributed by atoms with E-state index < -0.39 is 31.3 Å². The number of nitrogens with one attached hydrogen (secondary N) is 1. The fourth-order valence-corrected chi connectivity index (χ4v) is 5.26. The maximum atomic E-state index is 12.2. The third-order valence-electron chi connectivity index (χ3n) is 4.05. The summed E-state index contributed by atoms with van der Waals surface area (Å²) in [6.07, 6.45) is 3.24. The van der Waals surface area contributed by atoms with Gasteiger partial charge in [-0.15, -0.1) is 4.13 Å². The average Bonchev–Trinajstić information content (AvgIpc) is 3.26. The summed E-state index contributed by atoms with van der Waals surface area (Å²) in [6.45, 7) is 1.25. The fraction of sp³-hybridized carbons (Fsp3) is 1.00. The molecule has 1 aliphatic heterocycles. The maximum Gasteiger partial charge on any atom is 0.512 e. The molecule has 0 aromatic rings. The fourth-order valence-electron chi connectivity index (χ4n) is 2.57. The van der Waals surface area contributed by atoms with Crippen LogP contribution in [0.4, 0.5) is 13.2 Å². The Kier molecular flexibility index (Phi) is 6.17. The quantitative estimate of drug-likeness (QED) is 0.618. The zero-order chi connectivity index (χ0) is 18.0. The minimum absolute atomic E-state index is 0.0205. The van der Waals surface area contributed by atoms with Gasteiger partial charge in [0.05, 0.1) is 25.1 Å². The molecule has 2 fully saturated rings. The molecule has 2 aliphatic rings. The van der Waals surface area contributed by atoms with Gasteiger partial charge < -0.3 is 9.47 Å². The lowest BCUT2D eigenvalue weighted by Gasteiger charge is -2.28. The van der Waals surface area contributed by atoms with Gasteiger partial charge in [0.15, 0.2) is 0 Å². The van der Waals surface area contributed by atoms with Gasteiger partial charge in [-0.25, -0.2) is 16.8 Å². The number of sulfonamides is 2. The second-order valence-corrected chi connectivity index (χ2v) is 9.85. The molecule has 0 aromatic heterocycles. The van der Waals surface area contributed by atoms with Crippen LogP contribution in [-0.2, 0) is 29.5 Å². The van der Waals surface area contributed by atoms with Gasteiger partial charge in [0.1, 0.15) is 6.10 Å². The summed E-state index contributed by atoms with van der Waals surface area (Å²) in [5.41, 5.74) is -5.65. The molecule has 1 heterocycles. The molecular formula is C12H20F3NO6S2. The van der Waals surface area contributed by atoms with Crippen molar-refractivity contribution in [2.24, 2.45) is 5.92 Å². The van der Waals surface area contributed by atoms with E-state index in [0.717, 1.165) is 17.0 Å². The number of hydrogen-bond donors (Lipinski definition) is 1. The lowest BCUT2D eigenvalue weighted by Crippen LogP contribution is -2.41. The highest BCUT2D eigenvalue weighted by Crippen LogP contribution is 2.30. The topological polar surface area (TPSA) is 102 Å². The Balaban J connectivity index is 1.72. The van der Waals surface area contributed by atoms with E-state index in [1.54, 1.807) is 0 Å². The van der Waals surface area contributed by atoms with Gasteiger partial charge >= 0.3 is 15.5 Å². The second-order valence-electron chi connectivity index (χ2n) is 6.07. The Labute approximate surface area is 139 Å². The van der Waals surface area contributed by atoms with E-state index in [1.807, 2.05) is 0 Å². The lowest BCUT2D eigenvalue weighted by atomic mass is 9.86. The molecule has 1 saturated heterocycles. The van der Waals surface area contributed by atoms with Crippen molar-refractivity contribution in [3.05, 3.63) is 0 Å². The molecule has 0 amide bonds. The highest BCUT2D eigenvalue weighted by atomic mass is 32.3. The normalized spacial score (nSPS) is 28.7. The summed E-state index contributed by atoms with van der Waals surface area (Å²) in [6, 6.07) is 0. The van der Waals surface area contributed by atoms with E-state index in [2.05, 4.69) is 0 Å². The van der Waals surface area contributed by atoms with Crippen molar-refractivity contribution in [1.29, 1.82) is 0 Å². The predicted octanol–water partition coefficient (Wildman–Crippen LogP) is 1.12. The van der Waals surface area contributed by atoms with Crippen molar-refractivity contribution in [3.8, 4) is 0 Å². The zero-order valence-electron chi connectivity index (χ0n) is 12.8. The number of alkyl halides is 3.